The maximum absolute atomic E-state index is 12.5. The van der Waals surface area contributed by atoms with E-state index in [1.54, 1.807) is 23.5 Å². The Hall–Kier alpha value is -3.23. The maximum Gasteiger partial charge on any atom is 0.471 e. The highest BCUT2D eigenvalue weighted by molar-refractivity contribution is 6.05. The predicted molar refractivity (Wildman–Crippen MR) is 91.8 cm³/mol. The van der Waals surface area contributed by atoms with Gasteiger partial charge < -0.3 is 20.1 Å². The van der Waals surface area contributed by atoms with Crippen molar-refractivity contribution in [3.63, 3.8) is 0 Å². The lowest BCUT2D eigenvalue weighted by molar-refractivity contribution is -0.173. The van der Waals surface area contributed by atoms with Crippen LogP contribution < -0.4 is 20.1 Å². The second-order valence-corrected chi connectivity index (χ2v) is 5.36. The third-order valence-corrected chi connectivity index (χ3v) is 3.61. The first-order valence-corrected chi connectivity index (χ1v) is 7.72. The van der Waals surface area contributed by atoms with E-state index in [-0.39, 0.29) is 17.8 Å². The van der Waals surface area contributed by atoms with E-state index >= 15 is 0 Å². The van der Waals surface area contributed by atoms with E-state index in [4.69, 9.17) is 9.47 Å². The second-order valence-electron chi connectivity index (χ2n) is 5.36. The molecule has 0 aliphatic rings. The van der Waals surface area contributed by atoms with Gasteiger partial charge in [-0.3, -0.25) is 9.59 Å². The molecule has 0 saturated heterocycles. The number of para-hydroxylation sites is 1. The molecule has 0 bridgehead atoms. The number of ether oxygens (including phenoxy) is 2. The molecule has 0 saturated carbocycles. The number of benzene rings is 2. The molecule has 9 heteroatoms. The van der Waals surface area contributed by atoms with E-state index in [9.17, 15) is 22.8 Å². The molecular weight excluding hydrogens is 365 g/mol. The first kappa shape index (κ1) is 20.1. The third-order valence-electron chi connectivity index (χ3n) is 3.61. The minimum absolute atomic E-state index is 0.266. The van der Waals surface area contributed by atoms with Crippen molar-refractivity contribution in [1.82, 2.24) is 5.32 Å². The van der Waals surface area contributed by atoms with Gasteiger partial charge in [0.25, 0.3) is 5.91 Å². The zero-order valence-electron chi connectivity index (χ0n) is 14.5. The molecule has 0 aliphatic heterocycles. The number of amides is 2. The van der Waals surface area contributed by atoms with Crippen LogP contribution in [0, 0.1) is 0 Å². The molecule has 6 nitrogen and oxygen atoms in total. The Bertz CT molecular complexity index is 838. The molecule has 2 amide bonds. The number of halogens is 3. The summed E-state index contributed by atoms with van der Waals surface area (Å²) in [6, 6.07) is 10.8. The molecule has 2 aromatic carbocycles. The van der Waals surface area contributed by atoms with Crippen molar-refractivity contribution in [1.29, 1.82) is 0 Å². The standard InChI is InChI=1S/C18H17F3N2O4/c1-26-14-8-7-11(9-15(14)27-2)16(24)23-13-6-4-3-5-12(13)10-22-17(25)18(19,20)21/h3-9H,10H2,1-2H3,(H,22,25)(H,23,24). The Balaban J connectivity index is 2.16. The molecule has 0 aliphatic carbocycles. The van der Waals surface area contributed by atoms with E-state index in [0.717, 1.165) is 0 Å². The van der Waals surface area contributed by atoms with Crippen LogP contribution in [0.3, 0.4) is 0 Å². The smallest absolute Gasteiger partial charge is 0.471 e. The molecule has 0 radical (unpaired) electrons. The molecule has 2 N–H and O–H groups in total. The van der Waals surface area contributed by atoms with Gasteiger partial charge in [0.2, 0.25) is 0 Å². The topological polar surface area (TPSA) is 76.7 Å². The average molecular weight is 382 g/mol. The zero-order valence-corrected chi connectivity index (χ0v) is 14.5. The molecule has 0 unspecified atom stereocenters. The van der Waals surface area contributed by atoms with E-state index < -0.39 is 18.0 Å². The van der Waals surface area contributed by atoms with Crippen LogP contribution in [-0.2, 0) is 11.3 Å². The van der Waals surface area contributed by atoms with Gasteiger partial charge in [0.15, 0.2) is 11.5 Å². The number of anilines is 1. The second kappa shape index (κ2) is 8.43. The molecule has 0 fully saturated rings. The minimum Gasteiger partial charge on any atom is -0.493 e. The fourth-order valence-corrected chi connectivity index (χ4v) is 2.24. The Morgan fingerprint density at radius 1 is 1.00 bits per heavy atom. The van der Waals surface area contributed by atoms with Crippen LogP contribution in [0.2, 0.25) is 0 Å². The summed E-state index contributed by atoms with van der Waals surface area (Å²) in [6.07, 6.45) is -4.97. The average Bonchev–Trinajstić information content (AvgIpc) is 2.65. The van der Waals surface area contributed by atoms with Crippen molar-refractivity contribution in [2.45, 2.75) is 12.7 Å². The molecule has 0 atom stereocenters. The van der Waals surface area contributed by atoms with Crippen LogP contribution >= 0.6 is 0 Å². The van der Waals surface area contributed by atoms with Crippen molar-refractivity contribution in [3.05, 3.63) is 53.6 Å². The van der Waals surface area contributed by atoms with Crippen molar-refractivity contribution in [2.75, 3.05) is 19.5 Å². The number of nitrogens with one attached hydrogen (secondary N) is 2. The van der Waals surface area contributed by atoms with Crippen LogP contribution in [0.25, 0.3) is 0 Å². The molecule has 2 rings (SSSR count). The number of methoxy groups -OCH3 is 2. The Labute approximate surface area is 153 Å². The Morgan fingerprint density at radius 2 is 1.67 bits per heavy atom. The van der Waals surface area contributed by atoms with Gasteiger partial charge in [-0.05, 0) is 29.8 Å². The monoisotopic (exact) mass is 382 g/mol. The summed E-state index contributed by atoms with van der Waals surface area (Å²) in [4.78, 5) is 23.4. The fraction of sp³-hybridized carbons (Fsp3) is 0.222. The van der Waals surface area contributed by atoms with E-state index in [1.165, 1.54) is 38.5 Å². The highest BCUT2D eigenvalue weighted by Gasteiger charge is 2.38. The zero-order chi connectivity index (χ0) is 20.0. The maximum atomic E-state index is 12.5. The first-order valence-electron chi connectivity index (χ1n) is 7.72. The quantitative estimate of drug-likeness (QED) is 0.805. The number of rotatable bonds is 6. The predicted octanol–water partition coefficient (Wildman–Crippen LogP) is 3.13. The number of hydrogen-bond donors (Lipinski definition) is 2. The highest BCUT2D eigenvalue weighted by Crippen LogP contribution is 2.28. The van der Waals surface area contributed by atoms with Gasteiger partial charge in [0.05, 0.1) is 14.2 Å². The number of carbonyl (C=O) groups is 2. The molecule has 0 spiro atoms. The van der Waals surface area contributed by atoms with Crippen LogP contribution in [0.15, 0.2) is 42.5 Å². The van der Waals surface area contributed by atoms with Crippen LogP contribution in [0.4, 0.5) is 18.9 Å². The molecular formula is C18H17F3N2O4. The SMILES string of the molecule is COc1ccc(C(=O)Nc2ccccc2CNC(=O)C(F)(F)F)cc1OC. The summed E-state index contributed by atoms with van der Waals surface area (Å²) in [5.41, 5.74) is 0.866. The lowest BCUT2D eigenvalue weighted by atomic mass is 10.1. The van der Waals surface area contributed by atoms with E-state index in [1.807, 2.05) is 0 Å². The Kier molecular flexibility index (Phi) is 6.27. The molecule has 0 aromatic heterocycles. The number of hydrogen-bond acceptors (Lipinski definition) is 4. The van der Waals surface area contributed by atoms with Gasteiger partial charge in [-0.25, -0.2) is 0 Å². The molecule has 27 heavy (non-hydrogen) atoms. The van der Waals surface area contributed by atoms with Gasteiger partial charge in [-0.1, -0.05) is 18.2 Å². The largest absolute Gasteiger partial charge is 0.493 e. The van der Waals surface area contributed by atoms with Crippen molar-refractivity contribution >= 4 is 17.5 Å². The van der Waals surface area contributed by atoms with Crippen molar-refractivity contribution < 1.29 is 32.2 Å². The van der Waals surface area contributed by atoms with Crippen molar-refractivity contribution in [3.8, 4) is 11.5 Å². The van der Waals surface area contributed by atoms with Gasteiger partial charge in [0.1, 0.15) is 0 Å². The normalized spacial score (nSPS) is 10.9. The van der Waals surface area contributed by atoms with E-state index in [2.05, 4.69) is 5.32 Å². The molecule has 0 heterocycles. The summed E-state index contributed by atoms with van der Waals surface area (Å²) in [7, 11) is 2.89. The summed E-state index contributed by atoms with van der Waals surface area (Å²) in [5, 5.41) is 4.38. The number of alkyl halides is 3. The van der Waals surface area contributed by atoms with E-state index in [0.29, 0.717) is 17.1 Å². The van der Waals surface area contributed by atoms with Gasteiger partial charge in [0, 0.05) is 17.8 Å². The van der Waals surface area contributed by atoms with Crippen LogP contribution in [0.1, 0.15) is 15.9 Å². The summed E-state index contributed by atoms with van der Waals surface area (Å²) >= 11 is 0. The fourth-order valence-electron chi connectivity index (χ4n) is 2.24. The number of carbonyl (C=O) groups excluding carboxylic acids is 2. The van der Waals surface area contributed by atoms with Gasteiger partial charge in [-0.15, -0.1) is 0 Å². The Morgan fingerprint density at radius 3 is 2.30 bits per heavy atom. The third kappa shape index (κ3) is 5.13. The van der Waals surface area contributed by atoms with Crippen LogP contribution in [-0.4, -0.2) is 32.2 Å². The highest BCUT2D eigenvalue weighted by atomic mass is 19.4. The van der Waals surface area contributed by atoms with Gasteiger partial charge >= 0.3 is 12.1 Å². The lowest BCUT2D eigenvalue weighted by Crippen LogP contribution is -2.36. The molecule has 144 valence electrons. The minimum atomic E-state index is -4.97. The van der Waals surface area contributed by atoms with Crippen LogP contribution in [0.5, 0.6) is 11.5 Å². The lowest BCUT2D eigenvalue weighted by Gasteiger charge is -2.14. The summed E-state index contributed by atoms with van der Waals surface area (Å²) < 4.78 is 47.2. The molecule has 2 aromatic rings. The summed E-state index contributed by atoms with van der Waals surface area (Å²) in [5.74, 6) is -1.74. The van der Waals surface area contributed by atoms with Crippen molar-refractivity contribution in [2.24, 2.45) is 0 Å². The van der Waals surface area contributed by atoms with Gasteiger partial charge in [-0.2, -0.15) is 13.2 Å². The first-order chi connectivity index (χ1) is 12.8. The summed E-state index contributed by atoms with van der Waals surface area (Å²) in [6.45, 7) is -0.388.